The Morgan fingerprint density at radius 2 is 2.21 bits per heavy atom. The number of amides is 1. The molecule has 0 aliphatic heterocycles. The van der Waals surface area contributed by atoms with Crippen molar-refractivity contribution < 1.29 is 4.79 Å². The van der Waals surface area contributed by atoms with Crippen LogP contribution in [0, 0.1) is 6.92 Å². The average Bonchev–Trinajstić information content (AvgIpc) is 2.79. The minimum absolute atomic E-state index is 0.385. The molecule has 0 saturated carbocycles. The lowest BCUT2D eigenvalue weighted by atomic mass is 10.0. The van der Waals surface area contributed by atoms with Crippen LogP contribution in [0.25, 0.3) is 0 Å². The molecule has 2 N–H and O–H groups in total. The van der Waals surface area contributed by atoms with E-state index in [1.165, 1.54) is 5.56 Å². The van der Waals surface area contributed by atoms with Crippen LogP contribution in [-0.4, -0.2) is 15.5 Å². The number of nitrogens with zero attached hydrogens (tertiary/aromatic N) is 2. The molecule has 0 aliphatic carbocycles. The number of imidazole rings is 1. The maximum absolute atomic E-state index is 11.1. The molecular formula is C15H19N3O. The molecular weight excluding hydrogens is 238 g/mol. The predicted molar refractivity (Wildman–Crippen MR) is 75.0 cm³/mol. The van der Waals surface area contributed by atoms with Gasteiger partial charge in [-0.1, -0.05) is 13.0 Å². The van der Waals surface area contributed by atoms with Gasteiger partial charge < -0.3 is 10.3 Å². The van der Waals surface area contributed by atoms with E-state index in [-0.39, 0.29) is 5.91 Å². The summed E-state index contributed by atoms with van der Waals surface area (Å²) in [6.45, 7) is 4.92. The van der Waals surface area contributed by atoms with Gasteiger partial charge in [0.05, 0.1) is 0 Å². The summed E-state index contributed by atoms with van der Waals surface area (Å²) >= 11 is 0. The van der Waals surface area contributed by atoms with Crippen LogP contribution in [0.1, 0.15) is 40.7 Å². The fraction of sp³-hybridized carbons (Fsp3) is 0.333. The van der Waals surface area contributed by atoms with Gasteiger partial charge in [-0.25, -0.2) is 4.98 Å². The van der Waals surface area contributed by atoms with Gasteiger partial charge in [0, 0.05) is 30.9 Å². The predicted octanol–water partition coefficient (Wildman–Crippen LogP) is 2.29. The number of aromatic nitrogens is 2. The number of benzene rings is 1. The standard InChI is InChI=1S/C15H19N3O/c1-3-4-14-17-7-8-18(14)10-13-6-5-12(15(16)19)9-11(13)2/h5-9H,3-4,10H2,1-2H3,(H2,16,19). The number of hydrogen-bond acceptors (Lipinski definition) is 2. The van der Waals surface area contributed by atoms with Crippen molar-refractivity contribution in [3.63, 3.8) is 0 Å². The van der Waals surface area contributed by atoms with E-state index in [2.05, 4.69) is 16.5 Å². The summed E-state index contributed by atoms with van der Waals surface area (Å²) in [6, 6.07) is 5.58. The van der Waals surface area contributed by atoms with Crippen LogP contribution >= 0.6 is 0 Å². The Morgan fingerprint density at radius 3 is 2.84 bits per heavy atom. The summed E-state index contributed by atoms with van der Waals surface area (Å²) in [5, 5.41) is 0. The van der Waals surface area contributed by atoms with Gasteiger partial charge in [0.2, 0.25) is 5.91 Å². The largest absolute Gasteiger partial charge is 0.366 e. The molecule has 4 nitrogen and oxygen atoms in total. The van der Waals surface area contributed by atoms with E-state index in [4.69, 9.17) is 5.73 Å². The zero-order valence-corrected chi connectivity index (χ0v) is 11.4. The normalized spacial score (nSPS) is 10.6. The van der Waals surface area contributed by atoms with Crippen molar-refractivity contribution in [2.45, 2.75) is 33.2 Å². The second-order valence-corrected chi connectivity index (χ2v) is 4.73. The third-order valence-corrected chi connectivity index (χ3v) is 3.24. The average molecular weight is 257 g/mol. The summed E-state index contributed by atoms with van der Waals surface area (Å²) in [4.78, 5) is 15.5. The molecule has 0 saturated heterocycles. The number of aryl methyl sites for hydroxylation is 2. The van der Waals surface area contributed by atoms with E-state index in [1.807, 2.05) is 31.5 Å². The SMILES string of the molecule is CCCc1nccn1Cc1ccc(C(N)=O)cc1C. The molecule has 1 aromatic carbocycles. The highest BCUT2D eigenvalue weighted by molar-refractivity contribution is 5.93. The Bertz CT molecular complexity index is 587. The van der Waals surface area contributed by atoms with E-state index in [1.54, 1.807) is 6.07 Å². The fourth-order valence-corrected chi connectivity index (χ4v) is 2.15. The fourth-order valence-electron chi connectivity index (χ4n) is 2.15. The van der Waals surface area contributed by atoms with Crippen molar-refractivity contribution in [3.05, 3.63) is 53.1 Å². The Balaban J connectivity index is 2.23. The van der Waals surface area contributed by atoms with Gasteiger partial charge in [0.25, 0.3) is 0 Å². The number of nitrogens with two attached hydrogens (primary N) is 1. The second-order valence-electron chi connectivity index (χ2n) is 4.73. The van der Waals surface area contributed by atoms with Gasteiger partial charge in [0.1, 0.15) is 5.82 Å². The van der Waals surface area contributed by atoms with Gasteiger partial charge in [-0.3, -0.25) is 4.79 Å². The highest BCUT2D eigenvalue weighted by Crippen LogP contribution is 2.14. The number of rotatable bonds is 5. The van der Waals surface area contributed by atoms with Crippen LogP contribution in [0.5, 0.6) is 0 Å². The minimum atomic E-state index is -0.385. The Hall–Kier alpha value is -2.10. The van der Waals surface area contributed by atoms with E-state index < -0.39 is 0 Å². The lowest BCUT2D eigenvalue weighted by molar-refractivity contribution is 0.1000. The first-order valence-electron chi connectivity index (χ1n) is 6.51. The van der Waals surface area contributed by atoms with Crippen LogP contribution in [0.3, 0.4) is 0 Å². The summed E-state index contributed by atoms with van der Waals surface area (Å²) in [7, 11) is 0. The smallest absolute Gasteiger partial charge is 0.248 e. The number of primary amides is 1. The highest BCUT2D eigenvalue weighted by Gasteiger charge is 2.07. The molecule has 1 amide bonds. The highest BCUT2D eigenvalue weighted by atomic mass is 16.1. The lowest BCUT2D eigenvalue weighted by Crippen LogP contribution is -2.12. The number of carbonyl (C=O) groups is 1. The van der Waals surface area contributed by atoms with E-state index in [9.17, 15) is 4.79 Å². The number of hydrogen-bond donors (Lipinski definition) is 1. The minimum Gasteiger partial charge on any atom is -0.366 e. The molecule has 0 unspecified atom stereocenters. The van der Waals surface area contributed by atoms with Crippen molar-refractivity contribution in [2.75, 3.05) is 0 Å². The lowest BCUT2D eigenvalue weighted by Gasteiger charge is -2.10. The molecule has 2 aromatic rings. The molecule has 100 valence electrons. The van der Waals surface area contributed by atoms with Crippen LogP contribution in [0.2, 0.25) is 0 Å². The van der Waals surface area contributed by atoms with Gasteiger partial charge in [-0.15, -0.1) is 0 Å². The first-order chi connectivity index (χ1) is 9.11. The summed E-state index contributed by atoms with van der Waals surface area (Å²) in [5.74, 6) is 0.713. The van der Waals surface area contributed by atoms with E-state index in [0.717, 1.165) is 30.8 Å². The Morgan fingerprint density at radius 1 is 1.42 bits per heavy atom. The Kier molecular flexibility index (Phi) is 4.00. The number of carbonyl (C=O) groups excluding carboxylic acids is 1. The first-order valence-corrected chi connectivity index (χ1v) is 6.51. The van der Waals surface area contributed by atoms with Crippen molar-refractivity contribution in [1.82, 2.24) is 9.55 Å². The van der Waals surface area contributed by atoms with E-state index >= 15 is 0 Å². The second kappa shape index (κ2) is 5.69. The quantitative estimate of drug-likeness (QED) is 0.893. The molecule has 2 rings (SSSR count). The molecule has 1 heterocycles. The topological polar surface area (TPSA) is 60.9 Å². The van der Waals surface area contributed by atoms with Crippen molar-refractivity contribution >= 4 is 5.91 Å². The first kappa shape index (κ1) is 13.3. The van der Waals surface area contributed by atoms with Crippen LogP contribution < -0.4 is 5.73 Å². The van der Waals surface area contributed by atoms with Crippen LogP contribution in [0.15, 0.2) is 30.6 Å². The van der Waals surface area contributed by atoms with E-state index in [0.29, 0.717) is 5.56 Å². The van der Waals surface area contributed by atoms with Crippen LogP contribution in [0.4, 0.5) is 0 Å². The monoisotopic (exact) mass is 257 g/mol. The summed E-state index contributed by atoms with van der Waals surface area (Å²) < 4.78 is 2.15. The van der Waals surface area contributed by atoms with Gasteiger partial charge in [-0.2, -0.15) is 0 Å². The third kappa shape index (κ3) is 3.02. The molecule has 0 bridgehead atoms. The Labute approximate surface area is 113 Å². The summed E-state index contributed by atoms with van der Waals surface area (Å²) in [5.41, 5.74) is 8.09. The third-order valence-electron chi connectivity index (χ3n) is 3.24. The van der Waals surface area contributed by atoms with Gasteiger partial charge >= 0.3 is 0 Å². The molecule has 0 aliphatic rings. The molecule has 1 aromatic heterocycles. The summed E-state index contributed by atoms with van der Waals surface area (Å²) in [6.07, 6.45) is 5.88. The van der Waals surface area contributed by atoms with Crippen molar-refractivity contribution in [1.29, 1.82) is 0 Å². The molecule has 0 radical (unpaired) electrons. The maximum atomic E-state index is 11.1. The van der Waals surface area contributed by atoms with Crippen molar-refractivity contribution in [3.8, 4) is 0 Å². The molecule has 19 heavy (non-hydrogen) atoms. The molecule has 0 atom stereocenters. The van der Waals surface area contributed by atoms with Crippen LogP contribution in [-0.2, 0) is 13.0 Å². The maximum Gasteiger partial charge on any atom is 0.248 e. The molecule has 0 spiro atoms. The zero-order valence-electron chi connectivity index (χ0n) is 11.4. The molecule has 0 fully saturated rings. The molecule has 4 heteroatoms. The van der Waals surface area contributed by atoms with Crippen molar-refractivity contribution in [2.24, 2.45) is 5.73 Å². The van der Waals surface area contributed by atoms with Gasteiger partial charge in [0.15, 0.2) is 0 Å². The zero-order chi connectivity index (χ0) is 13.8. The van der Waals surface area contributed by atoms with Gasteiger partial charge in [-0.05, 0) is 36.6 Å².